The number of H-pyrrole nitrogens is 1. The maximum absolute atomic E-state index is 5.32. The number of benzene rings is 4. The van der Waals surface area contributed by atoms with Gasteiger partial charge in [-0.25, -0.2) is 0 Å². The normalized spacial score (nSPS) is 11.5. The molecule has 4 aromatic carbocycles. The molecule has 10 heterocycles. The second-order valence-electron chi connectivity index (χ2n) is 15.1. The van der Waals surface area contributed by atoms with Gasteiger partial charge in [0.25, 0.3) is 0 Å². The molecule has 0 unspecified atom stereocenters. The lowest BCUT2D eigenvalue weighted by atomic mass is 10.2. The summed E-state index contributed by atoms with van der Waals surface area (Å²) in [6.07, 6.45) is 7.28. The highest BCUT2D eigenvalue weighted by Crippen LogP contribution is 2.34. The SMILES string of the molecule is Clc1nc(Cl)nc(Cl)n1.c1ccc2c(c1)[nH]c1cccnc12.c1ccc2c(c1)c1ncccc1n2-c1nc(-n2c3ccccc3c3ncccc32)nc(-n2c3ccccc3c3ncccc32)n1. The Balaban J connectivity index is 0.000000173. The van der Waals surface area contributed by atoms with E-state index in [0.717, 1.165) is 82.4 Å². The molecule has 0 fully saturated rings. The Hall–Kier alpha value is -8.43. The van der Waals surface area contributed by atoms with Crippen molar-refractivity contribution in [3.05, 3.63) is 186 Å². The van der Waals surface area contributed by atoms with Crippen LogP contribution >= 0.6 is 34.8 Å². The first-order valence-corrected chi connectivity index (χ1v) is 22.0. The molecular formula is C50H29Cl3N14. The number of pyridine rings is 4. The molecule has 0 bridgehead atoms. The number of halogens is 3. The molecule has 0 aliphatic carbocycles. The van der Waals surface area contributed by atoms with Crippen LogP contribution in [0.1, 0.15) is 0 Å². The van der Waals surface area contributed by atoms with E-state index in [1.165, 1.54) is 5.39 Å². The zero-order valence-corrected chi connectivity index (χ0v) is 36.9. The van der Waals surface area contributed by atoms with Crippen LogP contribution in [0.3, 0.4) is 0 Å². The largest absolute Gasteiger partial charge is 0.353 e. The average molecular weight is 932 g/mol. The van der Waals surface area contributed by atoms with Gasteiger partial charge >= 0.3 is 0 Å². The summed E-state index contributed by atoms with van der Waals surface area (Å²) < 4.78 is 6.22. The molecule has 0 aliphatic rings. The Morgan fingerprint density at radius 3 is 1.03 bits per heavy atom. The molecule has 0 amide bonds. The standard InChI is InChI=1S/C36H21N9.C11H8N2.C3Cl3N3/c1-4-13-25-22(10-1)31-28(16-7-19-37-31)43(25)34-40-35(44-26-14-5-2-11-23(26)32-29(44)17-8-20-38-32)42-36(41-34)45-27-15-6-3-12-24(27)33-30(45)18-9-21-39-33;1-2-5-9-8(4-1)11-10(13-9)6-3-7-12-11;4-1-7-2(5)9-3(6)8-1/h1-21H;1-7,13H;. The van der Waals surface area contributed by atoms with Crippen LogP contribution in [0, 0.1) is 0 Å². The first-order chi connectivity index (χ1) is 33.0. The number of hydrogen-bond acceptors (Lipinski definition) is 10. The van der Waals surface area contributed by atoms with E-state index in [4.69, 9.17) is 64.7 Å². The first kappa shape index (κ1) is 40.1. The number of hydrogen-bond donors (Lipinski definition) is 1. The average Bonchev–Trinajstić information content (AvgIpc) is 4.11. The highest BCUT2D eigenvalue weighted by atomic mass is 35.5. The predicted octanol–water partition coefficient (Wildman–Crippen LogP) is 11.9. The fourth-order valence-corrected chi connectivity index (χ4v) is 9.22. The van der Waals surface area contributed by atoms with E-state index >= 15 is 0 Å². The highest BCUT2D eigenvalue weighted by molar-refractivity contribution is 6.33. The van der Waals surface area contributed by atoms with Gasteiger partial charge in [0.2, 0.25) is 33.7 Å². The zero-order valence-electron chi connectivity index (χ0n) is 34.6. The molecule has 14 rings (SSSR count). The Bertz CT molecular complexity index is 3620. The van der Waals surface area contributed by atoms with Crippen LogP contribution in [0.15, 0.2) is 170 Å². The van der Waals surface area contributed by atoms with Crippen molar-refractivity contribution < 1.29 is 0 Å². The van der Waals surface area contributed by atoms with Gasteiger partial charge in [0.15, 0.2) is 0 Å². The molecule has 14 nitrogen and oxygen atoms in total. The van der Waals surface area contributed by atoms with Crippen molar-refractivity contribution in [1.29, 1.82) is 0 Å². The topological polar surface area (TPSA) is 159 Å². The maximum atomic E-state index is 5.32. The van der Waals surface area contributed by atoms with Gasteiger partial charge in [0.1, 0.15) is 0 Å². The minimum atomic E-state index is 0.000000000000000444. The molecule has 14 aromatic rings. The monoisotopic (exact) mass is 930 g/mol. The van der Waals surface area contributed by atoms with Gasteiger partial charge in [-0.1, -0.05) is 72.8 Å². The van der Waals surface area contributed by atoms with Gasteiger partial charge in [-0.15, -0.1) is 0 Å². The predicted molar refractivity (Wildman–Crippen MR) is 265 cm³/mol. The molecule has 0 atom stereocenters. The van der Waals surface area contributed by atoms with Crippen LogP contribution in [-0.2, 0) is 0 Å². The third-order valence-electron chi connectivity index (χ3n) is 11.3. The number of nitrogens with one attached hydrogen (secondary N) is 1. The van der Waals surface area contributed by atoms with Gasteiger partial charge in [-0.05, 0) is 108 Å². The van der Waals surface area contributed by atoms with E-state index in [-0.39, 0.29) is 15.9 Å². The number of aromatic amines is 1. The Morgan fingerprint density at radius 2 is 0.612 bits per heavy atom. The molecule has 67 heavy (non-hydrogen) atoms. The minimum absolute atomic E-state index is 0.000000000000000444. The lowest BCUT2D eigenvalue weighted by molar-refractivity contribution is 0.847. The van der Waals surface area contributed by atoms with Crippen LogP contribution in [0.4, 0.5) is 0 Å². The molecule has 0 spiro atoms. The number of fused-ring (bicyclic) bond motifs is 12. The lowest BCUT2D eigenvalue weighted by Crippen LogP contribution is -2.13. The molecule has 0 saturated heterocycles. The Kier molecular flexibility index (Phi) is 9.90. The van der Waals surface area contributed by atoms with Crippen LogP contribution in [0.5, 0.6) is 0 Å². The van der Waals surface area contributed by atoms with Crippen molar-refractivity contribution in [1.82, 2.24) is 68.5 Å². The van der Waals surface area contributed by atoms with Crippen molar-refractivity contribution in [2.24, 2.45) is 0 Å². The van der Waals surface area contributed by atoms with Crippen LogP contribution in [-0.4, -0.2) is 68.5 Å². The smallest absolute Gasteiger partial charge is 0.241 e. The summed E-state index contributed by atoms with van der Waals surface area (Å²) in [7, 11) is 0. The van der Waals surface area contributed by atoms with Gasteiger partial charge in [0, 0.05) is 51.8 Å². The van der Waals surface area contributed by atoms with Crippen LogP contribution in [0.2, 0.25) is 15.9 Å². The lowest BCUT2D eigenvalue weighted by Gasteiger charge is -2.13. The quantitative estimate of drug-likeness (QED) is 0.181. The second-order valence-corrected chi connectivity index (χ2v) is 16.1. The second kappa shape index (κ2) is 16.5. The fraction of sp³-hybridized carbons (Fsp3) is 0. The van der Waals surface area contributed by atoms with Gasteiger partial charge in [0.05, 0.1) is 60.7 Å². The van der Waals surface area contributed by atoms with E-state index in [2.05, 4.69) is 105 Å². The Labute approximate surface area is 393 Å². The number of para-hydroxylation sites is 4. The third-order valence-corrected chi connectivity index (χ3v) is 11.8. The number of nitrogens with zero attached hydrogens (tertiary/aromatic N) is 13. The number of rotatable bonds is 3. The summed E-state index contributed by atoms with van der Waals surface area (Å²) in [5.41, 5.74) is 11.6. The van der Waals surface area contributed by atoms with Gasteiger partial charge in [-0.3, -0.25) is 33.6 Å². The van der Waals surface area contributed by atoms with Crippen molar-refractivity contribution in [2.75, 3.05) is 0 Å². The minimum Gasteiger partial charge on any atom is -0.353 e. The van der Waals surface area contributed by atoms with E-state index in [1.54, 1.807) is 0 Å². The van der Waals surface area contributed by atoms with E-state index in [0.29, 0.717) is 17.8 Å². The van der Waals surface area contributed by atoms with Crippen molar-refractivity contribution in [2.45, 2.75) is 0 Å². The zero-order chi connectivity index (χ0) is 45.0. The molecule has 1 N–H and O–H groups in total. The Morgan fingerprint density at radius 1 is 0.299 bits per heavy atom. The molecule has 17 heteroatoms. The molecular weight excluding hydrogens is 903 g/mol. The molecule has 10 aromatic heterocycles. The van der Waals surface area contributed by atoms with Gasteiger partial charge < -0.3 is 4.98 Å². The fourth-order valence-electron chi connectivity index (χ4n) is 8.61. The highest BCUT2D eigenvalue weighted by Gasteiger charge is 2.23. The van der Waals surface area contributed by atoms with Crippen LogP contribution in [0.25, 0.3) is 106 Å². The van der Waals surface area contributed by atoms with Crippen LogP contribution < -0.4 is 0 Å². The maximum Gasteiger partial charge on any atom is 0.241 e. The summed E-state index contributed by atoms with van der Waals surface area (Å²) >= 11 is 16.0. The van der Waals surface area contributed by atoms with Crippen molar-refractivity contribution >= 4 is 123 Å². The molecule has 320 valence electrons. The van der Waals surface area contributed by atoms with E-state index < -0.39 is 0 Å². The van der Waals surface area contributed by atoms with E-state index in [9.17, 15) is 0 Å². The first-order valence-electron chi connectivity index (χ1n) is 20.8. The van der Waals surface area contributed by atoms with Gasteiger partial charge in [-0.2, -0.15) is 29.9 Å². The molecule has 0 aliphatic heterocycles. The van der Waals surface area contributed by atoms with E-state index in [1.807, 2.05) is 104 Å². The van der Waals surface area contributed by atoms with Crippen molar-refractivity contribution in [3.8, 4) is 17.8 Å². The summed E-state index contributed by atoms with van der Waals surface area (Å²) in [4.78, 5) is 47.9. The van der Waals surface area contributed by atoms with Crippen molar-refractivity contribution in [3.63, 3.8) is 0 Å². The summed E-state index contributed by atoms with van der Waals surface area (Å²) in [6.45, 7) is 0. The summed E-state index contributed by atoms with van der Waals surface area (Å²) in [5.74, 6) is 1.46. The number of aromatic nitrogens is 14. The third kappa shape index (κ3) is 6.98. The molecule has 0 radical (unpaired) electrons. The summed E-state index contributed by atoms with van der Waals surface area (Å²) in [6, 6.07) is 48.8. The summed E-state index contributed by atoms with van der Waals surface area (Å²) in [5, 5.41) is 4.27. The molecule has 0 saturated carbocycles.